The summed E-state index contributed by atoms with van der Waals surface area (Å²) >= 11 is 7.94. The quantitative estimate of drug-likeness (QED) is 0.503. The Hall–Kier alpha value is -2.38. The Morgan fingerprint density at radius 3 is 2.39 bits per heavy atom. The lowest BCUT2D eigenvalue weighted by Gasteiger charge is -2.15. The number of hydrogen-bond acceptors (Lipinski definition) is 6. The van der Waals surface area contributed by atoms with Gasteiger partial charge >= 0.3 is 0 Å². The van der Waals surface area contributed by atoms with E-state index in [1.54, 1.807) is 18.1 Å². The van der Waals surface area contributed by atoms with Crippen LogP contribution in [0.25, 0.3) is 0 Å². The Kier molecular flexibility index (Phi) is 8.09. The minimum absolute atomic E-state index is 0.0288. The molecular formula is C23H27ClN2O4S. The molecule has 1 aliphatic rings. The van der Waals surface area contributed by atoms with E-state index in [1.165, 1.54) is 11.8 Å². The Morgan fingerprint density at radius 2 is 1.77 bits per heavy atom. The van der Waals surface area contributed by atoms with Gasteiger partial charge in [-0.1, -0.05) is 23.4 Å². The fourth-order valence-corrected chi connectivity index (χ4v) is 4.75. The maximum absolute atomic E-state index is 13.0. The minimum atomic E-state index is -0.304. The maximum Gasteiger partial charge on any atom is 0.242 e. The molecule has 1 fully saturated rings. The number of amidine groups is 1. The van der Waals surface area contributed by atoms with Crippen molar-refractivity contribution in [2.75, 3.05) is 26.9 Å². The van der Waals surface area contributed by atoms with Crippen LogP contribution in [0.15, 0.2) is 41.4 Å². The number of aliphatic imine (C=N–C) groups is 1. The number of hydrogen-bond donors (Lipinski definition) is 0. The average molecular weight is 463 g/mol. The van der Waals surface area contributed by atoms with Crippen LogP contribution in [0.5, 0.6) is 17.2 Å². The zero-order chi connectivity index (χ0) is 22.4. The second-order valence-corrected chi connectivity index (χ2v) is 8.32. The first-order chi connectivity index (χ1) is 15.0. The Morgan fingerprint density at radius 1 is 1.06 bits per heavy atom. The van der Waals surface area contributed by atoms with Crippen molar-refractivity contribution in [3.8, 4) is 17.2 Å². The summed E-state index contributed by atoms with van der Waals surface area (Å²) in [6, 6.07) is 11.1. The van der Waals surface area contributed by atoms with Gasteiger partial charge in [0, 0.05) is 17.6 Å². The van der Waals surface area contributed by atoms with Crippen LogP contribution in [0.4, 0.5) is 5.69 Å². The van der Waals surface area contributed by atoms with Gasteiger partial charge in [0.25, 0.3) is 0 Å². The SMILES string of the molecule is CCOc1ccc(N=C2S[C@@H](Cc3cc(OC)c(OCC)cc3Cl)C(=O)N2CC)cc1. The molecule has 1 amide bonds. The number of ether oxygens (including phenoxy) is 3. The van der Waals surface area contributed by atoms with Gasteiger partial charge in [-0.2, -0.15) is 0 Å². The molecule has 3 rings (SSSR count). The van der Waals surface area contributed by atoms with Gasteiger partial charge < -0.3 is 14.2 Å². The first-order valence-corrected chi connectivity index (χ1v) is 11.5. The van der Waals surface area contributed by atoms with Crippen molar-refractivity contribution in [3.63, 3.8) is 0 Å². The maximum atomic E-state index is 13.0. The Bertz CT molecular complexity index is 949. The van der Waals surface area contributed by atoms with Crippen LogP contribution in [-0.4, -0.2) is 48.1 Å². The van der Waals surface area contributed by atoms with E-state index in [4.69, 9.17) is 30.8 Å². The lowest BCUT2D eigenvalue weighted by molar-refractivity contribution is -0.126. The molecule has 1 aliphatic heterocycles. The van der Waals surface area contributed by atoms with Gasteiger partial charge in [0.1, 0.15) is 5.75 Å². The molecule has 0 radical (unpaired) electrons. The number of carbonyl (C=O) groups excluding carboxylic acids is 1. The molecule has 0 bridgehead atoms. The number of nitrogens with zero attached hydrogens (tertiary/aromatic N) is 2. The lowest BCUT2D eigenvalue weighted by Crippen LogP contribution is -2.32. The molecule has 1 atom stereocenters. The molecule has 0 saturated carbocycles. The predicted octanol–water partition coefficient (Wildman–Crippen LogP) is 5.34. The molecule has 31 heavy (non-hydrogen) atoms. The molecule has 166 valence electrons. The van der Waals surface area contributed by atoms with Crippen LogP contribution in [0.1, 0.15) is 26.3 Å². The Balaban J connectivity index is 1.81. The highest BCUT2D eigenvalue weighted by atomic mass is 35.5. The van der Waals surface area contributed by atoms with Crippen molar-refractivity contribution >= 4 is 40.1 Å². The van der Waals surface area contributed by atoms with E-state index < -0.39 is 0 Å². The van der Waals surface area contributed by atoms with Crippen LogP contribution < -0.4 is 14.2 Å². The predicted molar refractivity (Wildman–Crippen MR) is 126 cm³/mol. The molecule has 0 spiro atoms. The van der Waals surface area contributed by atoms with Gasteiger partial charge in [-0.25, -0.2) is 4.99 Å². The molecule has 0 aliphatic carbocycles. The van der Waals surface area contributed by atoms with Crippen molar-refractivity contribution in [3.05, 3.63) is 47.0 Å². The number of rotatable bonds is 9. The highest BCUT2D eigenvalue weighted by Crippen LogP contribution is 2.37. The topological polar surface area (TPSA) is 60.4 Å². The van der Waals surface area contributed by atoms with Crippen LogP contribution in [-0.2, 0) is 11.2 Å². The Labute approximate surface area is 192 Å². The number of carbonyl (C=O) groups is 1. The van der Waals surface area contributed by atoms with Crippen molar-refractivity contribution in [2.24, 2.45) is 4.99 Å². The molecule has 2 aromatic carbocycles. The summed E-state index contributed by atoms with van der Waals surface area (Å²) in [6.07, 6.45) is 0.476. The van der Waals surface area contributed by atoms with Gasteiger partial charge in [-0.3, -0.25) is 9.69 Å². The summed E-state index contributed by atoms with van der Waals surface area (Å²) in [5.74, 6) is 2.02. The fraction of sp³-hybridized carbons (Fsp3) is 0.391. The molecule has 0 N–H and O–H groups in total. The van der Waals surface area contributed by atoms with Crippen molar-refractivity contribution in [1.29, 1.82) is 0 Å². The summed E-state index contributed by atoms with van der Waals surface area (Å²) < 4.78 is 16.5. The molecule has 2 aromatic rings. The highest BCUT2D eigenvalue weighted by molar-refractivity contribution is 8.15. The van der Waals surface area contributed by atoms with E-state index >= 15 is 0 Å². The second-order valence-electron chi connectivity index (χ2n) is 6.74. The second kappa shape index (κ2) is 10.8. The van der Waals surface area contributed by atoms with E-state index in [0.29, 0.717) is 47.9 Å². The average Bonchev–Trinajstić information content (AvgIpc) is 3.05. The number of thioether (sulfide) groups is 1. The van der Waals surface area contributed by atoms with Crippen LogP contribution in [0, 0.1) is 0 Å². The van der Waals surface area contributed by atoms with Crippen LogP contribution in [0.2, 0.25) is 5.02 Å². The fourth-order valence-electron chi connectivity index (χ4n) is 3.27. The van der Waals surface area contributed by atoms with Gasteiger partial charge in [0.15, 0.2) is 16.7 Å². The normalized spacial score (nSPS) is 17.3. The number of methoxy groups -OCH3 is 1. The van der Waals surface area contributed by atoms with Gasteiger partial charge in [0.05, 0.1) is 31.3 Å². The third-order valence-corrected chi connectivity index (χ3v) is 6.27. The number of amides is 1. The van der Waals surface area contributed by atoms with Crippen molar-refractivity contribution < 1.29 is 19.0 Å². The summed E-state index contributed by atoms with van der Waals surface area (Å²) in [7, 11) is 1.59. The molecule has 1 heterocycles. The largest absolute Gasteiger partial charge is 0.494 e. The highest BCUT2D eigenvalue weighted by Gasteiger charge is 2.37. The monoisotopic (exact) mass is 462 g/mol. The number of halogens is 1. The van der Waals surface area contributed by atoms with Gasteiger partial charge in [0.2, 0.25) is 5.91 Å². The summed E-state index contributed by atoms with van der Waals surface area (Å²) in [5.41, 5.74) is 1.62. The molecule has 6 nitrogen and oxygen atoms in total. The minimum Gasteiger partial charge on any atom is -0.494 e. The third-order valence-electron chi connectivity index (χ3n) is 4.75. The van der Waals surface area contributed by atoms with Crippen LogP contribution >= 0.6 is 23.4 Å². The zero-order valence-electron chi connectivity index (χ0n) is 18.2. The van der Waals surface area contributed by atoms with E-state index in [2.05, 4.69) is 0 Å². The van der Waals surface area contributed by atoms with Crippen molar-refractivity contribution in [2.45, 2.75) is 32.4 Å². The van der Waals surface area contributed by atoms with Crippen molar-refractivity contribution in [1.82, 2.24) is 4.90 Å². The molecule has 1 saturated heterocycles. The summed E-state index contributed by atoms with van der Waals surface area (Å²) in [4.78, 5) is 19.4. The summed E-state index contributed by atoms with van der Waals surface area (Å²) in [5, 5.41) is 0.940. The lowest BCUT2D eigenvalue weighted by atomic mass is 10.1. The van der Waals surface area contributed by atoms with E-state index in [1.807, 2.05) is 51.1 Å². The summed E-state index contributed by atoms with van der Waals surface area (Å²) in [6.45, 7) is 7.47. The molecule has 8 heteroatoms. The molecule has 0 unspecified atom stereocenters. The van der Waals surface area contributed by atoms with E-state index in [-0.39, 0.29) is 11.2 Å². The van der Waals surface area contributed by atoms with E-state index in [0.717, 1.165) is 17.0 Å². The van der Waals surface area contributed by atoms with E-state index in [9.17, 15) is 4.79 Å². The first-order valence-electron chi connectivity index (χ1n) is 10.3. The smallest absolute Gasteiger partial charge is 0.242 e. The zero-order valence-corrected chi connectivity index (χ0v) is 19.8. The molecular weight excluding hydrogens is 436 g/mol. The van der Waals surface area contributed by atoms with Gasteiger partial charge in [-0.15, -0.1) is 0 Å². The third kappa shape index (κ3) is 5.46. The van der Waals surface area contributed by atoms with Crippen LogP contribution in [0.3, 0.4) is 0 Å². The van der Waals surface area contributed by atoms with Gasteiger partial charge in [-0.05, 0) is 63.1 Å². The standard InChI is InChI=1S/C23H27ClN2O4S/c1-5-26-22(27)21(13-15-12-19(28-4)20(30-7-3)14-18(15)24)31-23(26)25-16-8-10-17(11-9-16)29-6-2/h8-12,14,21H,5-7,13H2,1-4H3/t21-/m0/s1. The molecule has 0 aromatic heterocycles. The first kappa shape index (κ1) is 23.3. The number of benzene rings is 2.